The van der Waals surface area contributed by atoms with Crippen molar-refractivity contribution in [1.29, 1.82) is 0 Å². The summed E-state index contributed by atoms with van der Waals surface area (Å²) >= 11 is 1.50. The van der Waals surface area contributed by atoms with Crippen LogP contribution in [0.3, 0.4) is 0 Å². The SMILES string of the molecule is Cn1nnc(S[C@H]2C[C@@H](C(=O)O)N(CC3CCC4CNC(C(=O)O)CC4C3)C2)n1. The van der Waals surface area contributed by atoms with Crippen molar-refractivity contribution in [2.75, 3.05) is 19.6 Å². The molecular weight excluding hydrogens is 396 g/mol. The van der Waals surface area contributed by atoms with E-state index in [-0.39, 0.29) is 5.25 Å². The number of nitrogens with one attached hydrogen (secondary N) is 1. The number of rotatable bonds is 6. The van der Waals surface area contributed by atoms with E-state index in [0.29, 0.717) is 42.3 Å². The van der Waals surface area contributed by atoms with Crippen LogP contribution in [-0.2, 0) is 16.6 Å². The van der Waals surface area contributed by atoms with E-state index in [1.807, 2.05) is 0 Å². The van der Waals surface area contributed by atoms with Crippen LogP contribution in [0, 0.1) is 17.8 Å². The minimum Gasteiger partial charge on any atom is -0.480 e. The molecule has 0 amide bonds. The molecule has 0 bridgehead atoms. The van der Waals surface area contributed by atoms with E-state index in [0.717, 1.165) is 32.4 Å². The highest BCUT2D eigenvalue weighted by molar-refractivity contribution is 7.99. The molecule has 4 unspecified atom stereocenters. The number of aliphatic carboxylic acids is 2. The molecule has 3 N–H and O–H groups in total. The summed E-state index contributed by atoms with van der Waals surface area (Å²) in [6.07, 6.45) is 4.40. The highest BCUT2D eigenvalue weighted by atomic mass is 32.2. The van der Waals surface area contributed by atoms with Crippen LogP contribution in [0.25, 0.3) is 0 Å². The Hall–Kier alpha value is -1.72. The van der Waals surface area contributed by atoms with Crippen LogP contribution in [0.2, 0.25) is 0 Å². The number of aryl methyl sites for hydroxylation is 1. The molecule has 0 spiro atoms. The molecule has 1 aliphatic carbocycles. The Balaban J connectivity index is 1.35. The first-order valence-corrected chi connectivity index (χ1v) is 11.1. The zero-order valence-corrected chi connectivity index (χ0v) is 17.3. The van der Waals surface area contributed by atoms with E-state index < -0.39 is 24.0 Å². The van der Waals surface area contributed by atoms with E-state index in [2.05, 4.69) is 25.6 Å². The van der Waals surface area contributed by atoms with Crippen molar-refractivity contribution in [3.05, 3.63) is 0 Å². The second-order valence-corrected chi connectivity index (χ2v) is 9.85. The van der Waals surface area contributed by atoms with E-state index >= 15 is 0 Å². The predicted molar refractivity (Wildman–Crippen MR) is 104 cm³/mol. The van der Waals surface area contributed by atoms with Crippen molar-refractivity contribution in [2.45, 2.75) is 54.6 Å². The summed E-state index contributed by atoms with van der Waals surface area (Å²) in [6.45, 7) is 2.24. The fourth-order valence-corrected chi connectivity index (χ4v) is 6.31. The van der Waals surface area contributed by atoms with Crippen LogP contribution in [0.5, 0.6) is 0 Å². The van der Waals surface area contributed by atoms with Crippen LogP contribution in [0.15, 0.2) is 5.16 Å². The summed E-state index contributed by atoms with van der Waals surface area (Å²) in [6, 6.07) is -0.935. The number of fused-ring (bicyclic) bond motifs is 1. The third-order valence-corrected chi connectivity index (χ3v) is 7.67. The number of thioether (sulfide) groups is 1. The Morgan fingerprint density at radius 3 is 2.69 bits per heavy atom. The van der Waals surface area contributed by atoms with Gasteiger partial charge in [0.05, 0.1) is 7.05 Å². The lowest BCUT2D eigenvalue weighted by Gasteiger charge is -2.42. The van der Waals surface area contributed by atoms with Gasteiger partial charge in [-0.25, -0.2) is 0 Å². The number of likely N-dealkylation sites (tertiary alicyclic amines) is 1. The van der Waals surface area contributed by atoms with Crippen LogP contribution < -0.4 is 5.32 Å². The molecule has 2 saturated heterocycles. The first-order valence-electron chi connectivity index (χ1n) is 10.2. The molecule has 160 valence electrons. The van der Waals surface area contributed by atoms with Gasteiger partial charge in [0.25, 0.3) is 0 Å². The second-order valence-electron chi connectivity index (χ2n) is 8.58. The van der Waals surface area contributed by atoms with Crippen LogP contribution in [0.4, 0.5) is 0 Å². The molecule has 2 aliphatic heterocycles. The Bertz CT molecular complexity index is 760. The first kappa shape index (κ1) is 20.5. The molecule has 6 atom stereocenters. The lowest BCUT2D eigenvalue weighted by atomic mass is 9.69. The highest BCUT2D eigenvalue weighted by Crippen LogP contribution is 2.40. The number of piperidine rings is 1. The standard InChI is InChI=1S/C18H28N6O4S/c1-23-21-18(20-22-23)29-13-6-15(17(27)28)24(9-13)8-10-2-3-11-7-19-14(16(25)26)5-12(11)4-10/h10-15,19H,2-9H2,1H3,(H,25,26)(H,27,28)/t10?,11?,12?,13-,14?,15-/m0/s1. The quantitative estimate of drug-likeness (QED) is 0.586. The number of carbonyl (C=O) groups is 2. The Labute approximate surface area is 173 Å². The molecular formula is C18H28N6O4S. The molecule has 11 heteroatoms. The lowest BCUT2D eigenvalue weighted by molar-refractivity contribution is -0.143. The first-order chi connectivity index (χ1) is 13.9. The van der Waals surface area contributed by atoms with Crippen molar-refractivity contribution in [3.8, 4) is 0 Å². The molecule has 3 fully saturated rings. The molecule has 1 aromatic heterocycles. The molecule has 3 heterocycles. The van der Waals surface area contributed by atoms with Crippen LogP contribution in [0.1, 0.15) is 32.1 Å². The van der Waals surface area contributed by atoms with Gasteiger partial charge in [-0.3, -0.25) is 14.5 Å². The summed E-state index contributed by atoms with van der Waals surface area (Å²) in [5.41, 5.74) is 0. The maximum Gasteiger partial charge on any atom is 0.320 e. The van der Waals surface area contributed by atoms with Gasteiger partial charge in [-0.15, -0.1) is 10.2 Å². The van der Waals surface area contributed by atoms with Gasteiger partial charge >= 0.3 is 11.9 Å². The molecule has 10 nitrogen and oxygen atoms in total. The van der Waals surface area contributed by atoms with Crippen molar-refractivity contribution in [2.24, 2.45) is 24.8 Å². The van der Waals surface area contributed by atoms with Gasteiger partial charge in [0.2, 0.25) is 5.16 Å². The zero-order valence-electron chi connectivity index (χ0n) is 16.5. The number of aromatic nitrogens is 4. The van der Waals surface area contributed by atoms with E-state index in [1.54, 1.807) is 7.05 Å². The van der Waals surface area contributed by atoms with Gasteiger partial charge in [0, 0.05) is 18.3 Å². The lowest BCUT2D eigenvalue weighted by Crippen LogP contribution is -2.50. The fourth-order valence-electron chi connectivity index (χ4n) is 5.22. The summed E-state index contributed by atoms with van der Waals surface area (Å²) < 4.78 is 0. The van der Waals surface area contributed by atoms with Crippen molar-refractivity contribution >= 4 is 23.7 Å². The van der Waals surface area contributed by atoms with E-state index in [4.69, 9.17) is 0 Å². The molecule has 29 heavy (non-hydrogen) atoms. The molecule has 0 radical (unpaired) electrons. The summed E-state index contributed by atoms with van der Waals surface area (Å²) in [7, 11) is 1.71. The topological polar surface area (TPSA) is 133 Å². The minimum absolute atomic E-state index is 0.131. The zero-order chi connectivity index (χ0) is 20.5. The van der Waals surface area contributed by atoms with Crippen molar-refractivity contribution < 1.29 is 19.8 Å². The van der Waals surface area contributed by atoms with E-state index in [1.165, 1.54) is 16.6 Å². The summed E-state index contributed by atoms with van der Waals surface area (Å²) in [5.74, 6) is -0.169. The smallest absolute Gasteiger partial charge is 0.320 e. The van der Waals surface area contributed by atoms with Crippen molar-refractivity contribution in [1.82, 2.24) is 30.4 Å². The Kier molecular flexibility index (Phi) is 6.07. The number of carboxylic acids is 2. The number of hydrogen-bond acceptors (Lipinski definition) is 8. The van der Waals surface area contributed by atoms with Gasteiger partial charge in [-0.2, -0.15) is 4.80 Å². The second kappa shape index (κ2) is 8.57. The maximum absolute atomic E-state index is 11.8. The van der Waals surface area contributed by atoms with Gasteiger partial charge < -0.3 is 15.5 Å². The molecule has 1 aromatic rings. The minimum atomic E-state index is -0.776. The molecule has 4 rings (SSSR count). The largest absolute Gasteiger partial charge is 0.480 e. The van der Waals surface area contributed by atoms with Gasteiger partial charge in [0.15, 0.2) is 0 Å². The Morgan fingerprint density at radius 2 is 2.00 bits per heavy atom. The molecule has 0 aromatic carbocycles. The Morgan fingerprint density at radius 1 is 1.17 bits per heavy atom. The number of carboxylic acid groups (broad SMARTS) is 2. The average molecular weight is 425 g/mol. The normalized spacial score (nSPS) is 35.3. The number of nitrogens with zero attached hydrogens (tertiary/aromatic N) is 5. The maximum atomic E-state index is 11.8. The summed E-state index contributed by atoms with van der Waals surface area (Å²) in [5, 5.41) is 34.9. The average Bonchev–Trinajstić information content (AvgIpc) is 3.27. The number of hydrogen-bond donors (Lipinski definition) is 3. The highest BCUT2D eigenvalue weighted by Gasteiger charge is 2.42. The van der Waals surface area contributed by atoms with E-state index in [9.17, 15) is 19.8 Å². The molecule has 1 saturated carbocycles. The third-order valence-electron chi connectivity index (χ3n) is 6.62. The van der Waals surface area contributed by atoms with Crippen LogP contribution >= 0.6 is 11.8 Å². The van der Waals surface area contributed by atoms with Crippen LogP contribution in [-0.4, -0.2) is 84.2 Å². The van der Waals surface area contributed by atoms with Gasteiger partial charge in [-0.1, -0.05) is 11.8 Å². The van der Waals surface area contributed by atoms with Gasteiger partial charge in [-0.05, 0) is 61.6 Å². The monoisotopic (exact) mass is 424 g/mol. The van der Waals surface area contributed by atoms with Gasteiger partial charge in [0.1, 0.15) is 12.1 Å². The van der Waals surface area contributed by atoms with Crippen molar-refractivity contribution in [3.63, 3.8) is 0 Å². The summed E-state index contributed by atoms with van der Waals surface area (Å²) in [4.78, 5) is 26.7. The number of tetrazole rings is 1. The molecule has 3 aliphatic rings. The fraction of sp³-hybridized carbons (Fsp3) is 0.833. The predicted octanol–water partition coefficient (Wildman–Crippen LogP) is 0.309. The third kappa shape index (κ3) is 4.72.